The van der Waals surface area contributed by atoms with Crippen molar-refractivity contribution in [2.24, 2.45) is 5.92 Å². The van der Waals surface area contributed by atoms with Gasteiger partial charge >= 0.3 is 5.97 Å². The molecule has 10 heteroatoms. The number of hydrogen-bond donors (Lipinski definition) is 1. The van der Waals surface area contributed by atoms with Gasteiger partial charge in [0.15, 0.2) is 11.0 Å². The standard InChI is InChI=1S/C27H32N4O4S2/c1-5-13-31-22(15-35-19-10-7-17(3)8-11-19)29-30-27(31)36-16-23(32)28-25-24(26(33)34-6-2)20-12-9-18(4)14-21(20)37-25/h5,7-8,10-11,18H,1,6,9,12-16H2,2-4H3,(H,28,32). The number of nitrogens with one attached hydrogen (secondary N) is 1. The molecule has 2 aromatic heterocycles. The molecule has 0 aliphatic heterocycles. The number of ether oxygens (including phenoxy) is 2. The number of esters is 1. The molecule has 0 fully saturated rings. The van der Waals surface area contributed by atoms with E-state index in [0.29, 0.717) is 34.0 Å². The molecule has 0 bridgehead atoms. The van der Waals surface area contributed by atoms with Crippen LogP contribution >= 0.6 is 23.1 Å². The summed E-state index contributed by atoms with van der Waals surface area (Å²) in [5.74, 6) is 1.48. The van der Waals surface area contributed by atoms with Gasteiger partial charge in [-0.3, -0.25) is 9.36 Å². The van der Waals surface area contributed by atoms with Crippen molar-refractivity contribution >= 4 is 40.0 Å². The predicted octanol–water partition coefficient (Wildman–Crippen LogP) is 5.45. The number of thiophene rings is 1. The van der Waals surface area contributed by atoms with Gasteiger partial charge in [0, 0.05) is 11.4 Å². The summed E-state index contributed by atoms with van der Waals surface area (Å²) in [7, 11) is 0. The number of anilines is 1. The highest BCUT2D eigenvalue weighted by molar-refractivity contribution is 7.99. The topological polar surface area (TPSA) is 95.3 Å². The molecule has 0 saturated heterocycles. The minimum Gasteiger partial charge on any atom is -0.486 e. The van der Waals surface area contributed by atoms with Crippen molar-refractivity contribution in [3.8, 4) is 5.75 Å². The zero-order chi connectivity index (χ0) is 26.4. The molecule has 0 spiro atoms. The number of rotatable bonds is 11. The van der Waals surface area contributed by atoms with Gasteiger partial charge in [0.25, 0.3) is 0 Å². The summed E-state index contributed by atoms with van der Waals surface area (Å²) >= 11 is 2.77. The van der Waals surface area contributed by atoms with E-state index in [9.17, 15) is 9.59 Å². The first-order valence-electron chi connectivity index (χ1n) is 12.4. The first-order valence-corrected chi connectivity index (χ1v) is 14.2. The number of benzene rings is 1. The molecule has 1 atom stereocenters. The lowest BCUT2D eigenvalue weighted by atomic mass is 9.88. The summed E-state index contributed by atoms with van der Waals surface area (Å²) in [6.07, 6.45) is 4.51. The number of fused-ring (bicyclic) bond motifs is 1. The molecule has 2 heterocycles. The fourth-order valence-corrected chi connectivity index (χ4v) is 6.36. The molecule has 4 rings (SSSR count). The SMILES string of the molecule is C=CCn1c(COc2ccc(C)cc2)nnc1SCC(=O)Nc1sc2c(c1C(=O)OCC)CCC(C)C2. The second-order valence-corrected chi connectivity index (χ2v) is 11.1. The Morgan fingerprint density at radius 1 is 1.30 bits per heavy atom. The lowest BCUT2D eigenvalue weighted by molar-refractivity contribution is -0.113. The summed E-state index contributed by atoms with van der Waals surface area (Å²) in [5.41, 5.74) is 2.69. The monoisotopic (exact) mass is 540 g/mol. The zero-order valence-electron chi connectivity index (χ0n) is 21.4. The van der Waals surface area contributed by atoms with Crippen LogP contribution in [0.1, 0.15) is 52.5 Å². The van der Waals surface area contributed by atoms with Crippen LogP contribution in [-0.4, -0.2) is 39.0 Å². The molecule has 1 N–H and O–H groups in total. The van der Waals surface area contributed by atoms with Crippen LogP contribution in [0.4, 0.5) is 5.00 Å². The molecule has 1 aliphatic carbocycles. The number of nitrogens with zero attached hydrogens (tertiary/aromatic N) is 3. The maximum Gasteiger partial charge on any atom is 0.341 e. The molecule has 196 valence electrons. The number of aryl methyl sites for hydroxylation is 1. The van der Waals surface area contributed by atoms with Crippen LogP contribution < -0.4 is 10.1 Å². The molecular weight excluding hydrogens is 508 g/mol. The van der Waals surface area contributed by atoms with Crippen molar-refractivity contribution in [1.82, 2.24) is 14.8 Å². The average Bonchev–Trinajstić information content (AvgIpc) is 3.42. The molecule has 1 unspecified atom stereocenters. The summed E-state index contributed by atoms with van der Waals surface area (Å²) in [5, 5.41) is 12.7. The Kier molecular flexibility index (Phi) is 9.04. The average molecular weight is 541 g/mol. The Labute approximate surface area is 225 Å². The third-order valence-corrected chi connectivity index (χ3v) is 8.21. The smallest absolute Gasteiger partial charge is 0.341 e. The Morgan fingerprint density at radius 2 is 2.08 bits per heavy atom. The number of hydrogen-bond acceptors (Lipinski definition) is 8. The Morgan fingerprint density at radius 3 is 2.81 bits per heavy atom. The fraction of sp³-hybridized carbons (Fsp3) is 0.407. The normalized spacial score (nSPS) is 14.6. The van der Waals surface area contributed by atoms with Crippen LogP contribution in [0.15, 0.2) is 42.1 Å². The van der Waals surface area contributed by atoms with Crippen LogP contribution in [0.2, 0.25) is 0 Å². The summed E-state index contributed by atoms with van der Waals surface area (Å²) in [6.45, 7) is 10.9. The van der Waals surface area contributed by atoms with Gasteiger partial charge in [-0.1, -0.05) is 42.5 Å². The van der Waals surface area contributed by atoms with E-state index >= 15 is 0 Å². The second kappa shape index (κ2) is 12.4. The number of amides is 1. The fourth-order valence-electron chi connectivity index (χ4n) is 4.18. The molecule has 3 aromatic rings. The van der Waals surface area contributed by atoms with E-state index in [1.807, 2.05) is 35.8 Å². The largest absolute Gasteiger partial charge is 0.486 e. The van der Waals surface area contributed by atoms with Crippen molar-refractivity contribution in [1.29, 1.82) is 0 Å². The van der Waals surface area contributed by atoms with Crippen LogP contribution in [0.5, 0.6) is 5.75 Å². The van der Waals surface area contributed by atoms with Gasteiger partial charge in [-0.25, -0.2) is 4.79 Å². The number of allylic oxidation sites excluding steroid dienone is 1. The van der Waals surface area contributed by atoms with Gasteiger partial charge in [0.1, 0.15) is 17.4 Å². The maximum atomic E-state index is 12.9. The van der Waals surface area contributed by atoms with Crippen LogP contribution in [0.25, 0.3) is 0 Å². The third-order valence-electron chi connectivity index (χ3n) is 6.07. The summed E-state index contributed by atoms with van der Waals surface area (Å²) in [6, 6.07) is 7.80. The molecule has 0 radical (unpaired) electrons. The second-order valence-electron chi connectivity index (χ2n) is 9.01. The van der Waals surface area contributed by atoms with Crippen LogP contribution in [0, 0.1) is 12.8 Å². The highest BCUT2D eigenvalue weighted by Gasteiger charge is 2.29. The maximum absolute atomic E-state index is 12.9. The Hall–Kier alpha value is -3.11. The lowest BCUT2D eigenvalue weighted by Crippen LogP contribution is -2.18. The van der Waals surface area contributed by atoms with Crippen molar-refractivity contribution in [2.75, 3.05) is 17.7 Å². The number of carbonyl (C=O) groups excluding carboxylic acids is 2. The lowest BCUT2D eigenvalue weighted by Gasteiger charge is -2.18. The van der Waals surface area contributed by atoms with Gasteiger partial charge in [-0.2, -0.15) is 0 Å². The van der Waals surface area contributed by atoms with Crippen molar-refractivity contribution in [3.05, 3.63) is 64.3 Å². The Bertz CT molecular complexity index is 1270. The van der Waals surface area contributed by atoms with Gasteiger partial charge in [0.05, 0.1) is 17.9 Å². The predicted molar refractivity (Wildman–Crippen MR) is 147 cm³/mol. The van der Waals surface area contributed by atoms with Crippen LogP contribution in [-0.2, 0) is 35.5 Å². The van der Waals surface area contributed by atoms with Gasteiger partial charge in [-0.15, -0.1) is 28.1 Å². The quantitative estimate of drug-likeness (QED) is 0.196. The molecule has 1 aromatic carbocycles. The third kappa shape index (κ3) is 6.61. The van der Waals surface area contributed by atoms with Gasteiger partial charge in [0.2, 0.25) is 5.91 Å². The number of thioether (sulfide) groups is 1. The molecule has 8 nitrogen and oxygen atoms in total. The van der Waals surface area contributed by atoms with E-state index in [4.69, 9.17) is 9.47 Å². The van der Waals surface area contributed by atoms with E-state index in [-0.39, 0.29) is 30.8 Å². The molecule has 1 amide bonds. The first-order chi connectivity index (χ1) is 17.9. The molecule has 0 saturated carbocycles. The van der Waals surface area contributed by atoms with Crippen molar-refractivity contribution < 1.29 is 19.1 Å². The summed E-state index contributed by atoms with van der Waals surface area (Å²) < 4.78 is 13.1. The van der Waals surface area contributed by atoms with E-state index in [0.717, 1.165) is 41.0 Å². The Balaban J connectivity index is 1.43. The van der Waals surface area contributed by atoms with E-state index in [1.165, 1.54) is 23.1 Å². The van der Waals surface area contributed by atoms with E-state index in [1.54, 1.807) is 13.0 Å². The molecule has 37 heavy (non-hydrogen) atoms. The highest BCUT2D eigenvalue weighted by Crippen LogP contribution is 2.40. The van der Waals surface area contributed by atoms with E-state index < -0.39 is 0 Å². The van der Waals surface area contributed by atoms with Crippen molar-refractivity contribution in [3.63, 3.8) is 0 Å². The zero-order valence-corrected chi connectivity index (χ0v) is 23.0. The van der Waals surface area contributed by atoms with Gasteiger partial charge < -0.3 is 14.8 Å². The first kappa shape index (κ1) is 26.9. The molecular formula is C27H32N4O4S2. The van der Waals surface area contributed by atoms with Gasteiger partial charge in [-0.05, 0) is 56.7 Å². The number of aromatic nitrogens is 3. The summed E-state index contributed by atoms with van der Waals surface area (Å²) in [4.78, 5) is 26.8. The molecule has 1 aliphatic rings. The number of carbonyl (C=O) groups is 2. The highest BCUT2D eigenvalue weighted by atomic mass is 32.2. The minimum atomic E-state index is -0.374. The van der Waals surface area contributed by atoms with E-state index in [2.05, 4.69) is 29.0 Å². The minimum absolute atomic E-state index is 0.120. The van der Waals surface area contributed by atoms with Crippen molar-refractivity contribution in [2.45, 2.75) is 58.3 Å². The van der Waals surface area contributed by atoms with Crippen LogP contribution in [0.3, 0.4) is 0 Å².